The molecule has 1 aliphatic heterocycles. The standard InChI is InChI=1S/C19H18N2O5/c20-18(23)12-5-7-15(8-6-12)21-17(22)11-26-19(24)14-9-13-3-1-2-4-16(13)25-10-14/h1-8,14H,9-11H2,(H2,20,23)(H,21,22). The second-order valence-electron chi connectivity index (χ2n) is 5.92. The van der Waals surface area contributed by atoms with Crippen LogP contribution in [-0.2, 0) is 20.7 Å². The Morgan fingerprint density at radius 3 is 2.58 bits per heavy atom. The van der Waals surface area contributed by atoms with Crippen molar-refractivity contribution in [1.82, 2.24) is 0 Å². The molecule has 1 atom stereocenters. The fraction of sp³-hybridized carbons (Fsp3) is 0.211. The van der Waals surface area contributed by atoms with Gasteiger partial charge in [0.2, 0.25) is 5.91 Å². The zero-order valence-electron chi connectivity index (χ0n) is 13.9. The van der Waals surface area contributed by atoms with Crippen LogP contribution in [0.1, 0.15) is 15.9 Å². The Bertz CT molecular complexity index is 832. The van der Waals surface area contributed by atoms with E-state index in [0.29, 0.717) is 17.7 Å². The number of amides is 2. The number of para-hydroxylation sites is 1. The van der Waals surface area contributed by atoms with Gasteiger partial charge in [0.05, 0.1) is 5.92 Å². The Hall–Kier alpha value is -3.35. The molecule has 1 heterocycles. The molecule has 7 nitrogen and oxygen atoms in total. The SMILES string of the molecule is NC(=O)c1ccc(NC(=O)COC(=O)C2COc3ccccc3C2)cc1. The molecule has 134 valence electrons. The molecule has 26 heavy (non-hydrogen) atoms. The number of anilines is 1. The molecule has 7 heteroatoms. The number of ether oxygens (including phenoxy) is 2. The molecule has 0 saturated heterocycles. The highest BCUT2D eigenvalue weighted by Gasteiger charge is 2.27. The van der Waals surface area contributed by atoms with Crippen LogP contribution in [0.2, 0.25) is 0 Å². The number of carbonyl (C=O) groups excluding carboxylic acids is 3. The lowest BCUT2D eigenvalue weighted by molar-refractivity contribution is -0.152. The predicted octanol–water partition coefficient (Wildman–Crippen LogP) is 1.52. The number of hydrogen-bond donors (Lipinski definition) is 2. The van der Waals surface area contributed by atoms with Gasteiger partial charge in [0.15, 0.2) is 6.61 Å². The number of rotatable bonds is 5. The van der Waals surface area contributed by atoms with Crippen molar-refractivity contribution in [2.24, 2.45) is 11.7 Å². The minimum Gasteiger partial charge on any atom is -0.492 e. The van der Waals surface area contributed by atoms with E-state index in [4.69, 9.17) is 15.2 Å². The molecular formula is C19H18N2O5. The number of fused-ring (bicyclic) bond motifs is 1. The molecule has 3 N–H and O–H groups in total. The molecule has 1 aliphatic rings. The van der Waals surface area contributed by atoms with E-state index < -0.39 is 30.3 Å². The van der Waals surface area contributed by atoms with Crippen LogP contribution in [0.5, 0.6) is 5.75 Å². The molecule has 2 amide bonds. The van der Waals surface area contributed by atoms with Gasteiger partial charge in [0, 0.05) is 11.3 Å². The smallest absolute Gasteiger partial charge is 0.313 e. The fourth-order valence-electron chi connectivity index (χ4n) is 2.65. The maximum absolute atomic E-state index is 12.2. The van der Waals surface area contributed by atoms with Crippen molar-refractivity contribution in [1.29, 1.82) is 0 Å². The summed E-state index contributed by atoms with van der Waals surface area (Å²) in [4.78, 5) is 35.1. The molecule has 0 aliphatic carbocycles. The van der Waals surface area contributed by atoms with E-state index >= 15 is 0 Å². The number of esters is 1. The van der Waals surface area contributed by atoms with Gasteiger partial charge in [-0.05, 0) is 42.3 Å². The highest BCUT2D eigenvalue weighted by atomic mass is 16.5. The third-order valence-corrected chi connectivity index (χ3v) is 4.01. The average Bonchev–Trinajstić information content (AvgIpc) is 2.66. The van der Waals surface area contributed by atoms with E-state index in [9.17, 15) is 14.4 Å². The van der Waals surface area contributed by atoms with E-state index in [2.05, 4.69) is 5.32 Å². The molecule has 0 radical (unpaired) electrons. The first kappa shape index (κ1) is 17.5. The van der Waals surface area contributed by atoms with Gasteiger partial charge < -0.3 is 20.5 Å². The van der Waals surface area contributed by atoms with Gasteiger partial charge in [-0.2, -0.15) is 0 Å². The number of carbonyl (C=O) groups is 3. The first-order valence-corrected chi connectivity index (χ1v) is 8.10. The zero-order chi connectivity index (χ0) is 18.5. The molecule has 2 aromatic rings. The molecular weight excluding hydrogens is 336 g/mol. The first-order chi connectivity index (χ1) is 12.5. The van der Waals surface area contributed by atoms with Crippen LogP contribution in [0.25, 0.3) is 0 Å². The van der Waals surface area contributed by atoms with Gasteiger partial charge in [0.25, 0.3) is 5.91 Å². The normalized spacial score (nSPS) is 15.3. The van der Waals surface area contributed by atoms with Gasteiger partial charge in [-0.1, -0.05) is 18.2 Å². The lowest BCUT2D eigenvalue weighted by atomic mass is 9.97. The Morgan fingerprint density at radius 2 is 1.85 bits per heavy atom. The highest BCUT2D eigenvalue weighted by molar-refractivity contribution is 5.95. The second kappa shape index (κ2) is 7.69. The molecule has 0 spiro atoms. The Labute approximate surface area is 150 Å². The molecule has 0 aromatic heterocycles. The summed E-state index contributed by atoms with van der Waals surface area (Å²) >= 11 is 0. The van der Waals surface area contributed by atoms with Crippen molar-refractivity contribution in [3.8, 4) is 5.75 Å². The zero-order valence-corrected chi connectivity index (χ0v) is 13.9. The summed E-state index contributed by atoms with van der Waals surface area (Å²) < 4.78 is 10.6. The van der Waals surface area contributed by atoms with Crippen molar-refractivity contribution in [2.75, 3.05) is 18.5 Å². The topological polar surface area (TPSA) is 108 Å². The fourth-order valence-corrected chi connectivity index (χ4v) is 2.65. The minimum absolute atomic E-state index is 0.228. The maximum atomic E-state index is 12.2. The van der Waals surface area contributed by atoms with Crippen LogP contribution >= 0.6 is 0 Å². The number of hydrogen-bond acceptors (Lipinski definition) is 5. The van der Waals surface area contributed by atoms with Gasteiger partial charge in [0.1, 0.15) is 12.4 Å². The maximum Gasteiger partial charge on any atom is 0.313 e. The van der Waals surface area contributed by atoms with E-state index in [1.54, 1.807) is 12.1 Å². The number of nitrogens with two attached hydrogens (primary N) is 1. The van der Waals surface area contributed by atoms with Crippen molar-refractivity contribution in [3.63, 3.8) is 0 Å². The van der Waals surface area contributed by atoms with Crippen molar-refractivity contribution in [2.45, 2.75) is 6.42 Å². The van der Waals surface area contributed by atoms with Crippen LogP contribution < -0.4 is 15.8 Å². The summed E-state index contributed by atoms with van der Waals surface area (Å²) in [6, 6.07) is 13.6. The average molecular weight is 354 g/mol. The monoisotopic (exact) mass is 354 g/mol. The van der Waals surface area contributed by atoms with Gasteiger partial charge in [-0.25, -0.2) is 0 Å². The number of benzene rings is 2. The minimum atomic E-state index is -0.548. The van der Waals surface area contributed by atoms with Gasteiger partial charge in [-0.3, -0.25) is 14.4 Å². The summed E-state index contributed by atoms with van der Waals surface area (Å²) in [5, 5.41) is 2.58. The third kappa shape index (κ3) is 4.18. The van der Waals surface area contributed by atoms with Crippen molar-refractivity contribution >= 4 is 23.5 Å². The summed E-state index contributed by atoms with van der Waals surface area (Å²) in [7, 11) is 0. The molecule has 0 fully saturated rings. The predicted molar refractivity (Wildman–Crippen MR) is 93.7 cm³/mol. The van der Waals surface area contributed by atoms with Crippen LogP contribution in [0, 0.1) is 5.92 Å². The van der Waals surface area contributed by atoms with Crippen LogP contribution in [0.15, 0.2) is 48.5 Å². The number of primary amides is 1. The van der Waals surface area contributed by atoms with Crippen molar-refractivity contribution in [3.05, 3.63) is 59.7 Å². The van der Waals surface area contributed by atoms with E-state index in [1.807, 2.05) is 24.3 Å². The molecule has 0 bridgehead atoms. The summed E-state index contributed by atoms with van der Waals surface area (Å²) in [5.41, 5.74) is 6.91. The Morgan fingerprint density at radius 1 is 1.12 bits per heavy atom. The van der Waals surface area contributed by atoms with Gasteiger partial charge in [-0.15, -0.1) is 0 Å². The Balaban J connectivity index is 1.48. The first-order valence-electron chi connectivity index (χ1n) is 8.10. The summed E-state index contributed by atoms with van der Waals surface area (Å²) in [6.45, 7) is -0.166. The van der Waals surface area contributed by atoms with Crippen LogP contribution in [0.4, 0.5) is 5.69 Å². The molecule has 2 aromatic carbocycles. The third-order valence-electron chi connectivity index (χ3n) is 4.01. The van der Waals surface area contributed by atoms with E-state index in [0.717, 1.165) is 11.3 Å². The van der Waals surface area contributed by atoms with E-state index in [-0.39, 0.29) is 6.61 Å². The lowest BCUT2D eigenvalue weighted by Crippen LogP contribution is -2.31. The molecule has 1 unspecified atom stereocenters. The Kier molecular flexibility index (Phi) is 5.17. The van der Waals surface area contributed by atoms with Crippen molar-refractivity contribution < 1.29 is 23.9 Å². The lowest BCUT2D eigenvalue weighted by Gasteiger charge is -2.23. The van der Waals surface area contributed by atoms with Crippen LogP contribution in [-0.4, -0.2) is 31.0 Å². The summed E-state index contributed by atoms with van der Waals surface area (Å²) in [5.74, 6) is -1.16. The van der Waals surface area contributed by atoms with Crippen LogP contribution in [0.3, 0.4) is 0 Å². The second-order valence-corrected chi connectivity index (χ2v) is 5.92. The summed E-state index contributed by atoms with van der Waals surface area (Å²) in [6.07, 6.45) is 0.519. The molecule has 0 saturated carbocycles. The quantitative estimate of drug-likeness (QED) is 0.792. The molecule has 3 rings (SSSR count). The number of nitrogens with one attached hydrogen (secondary N) is 1. The highest BCUT2D eigenvalue weighted by Crippen LogP contribution is 2.27. The van der Waals surface area contributed by atoms with E-state index in [1.165, 1.54) is 12.1 Å². The van der Waals surface area contributed by atoms with Gasteiger partial charge >= 0.3 is 5.97 Å². The largest absolute Gasteiger partial charge is 0.492 e.